The van der Waals surface area contributed by atoms with Crippen LogP contribution in [0.4, 0.5) is 4.79 Å². The van der Waals surface area contributed by atoms with Crippen LogP contribution < -0.4 is 10.6 Å². The molecule has 8 nitrogen and oxygen atoms in total. The van der Waals surface area contributed by atoms with E-state index in [0.717, 1.165) is 38.6 Å². The van der Waals surface area contributed by atoms with Crippen LogP contribution in [-0.4, -0.2) is 73.6 Å². The van der Waals surface area contributed by atoms with Crippen LogP contribution in [0.1, 0.15) is 18.9 Å². The number of amides is 3. The molecule has 2 aliphatic rings. The summed E-state index contributed by atoms with van der Waals surface area (Å²) in [5, 5.41) is 5.83. The highest BCUT2D eigenvalue weighted by atomic mass is 127. The summed E-state index contributed by atoms with van der Waals surface area (Å²) in [5.74, 6) is 1.11. The number of halogens is 1. The molecule has 29 heavy (non-hydrogen) atoms. The molecule has 2 N–H and O–H groups in total. The monoisotopic (exact) mass is 515 g/mol. The molecule has 160 valence electrons. The second kappa shape index (κ2) is 12.0. The first-order valence-electron chi connectivity index (χ1n) is 9.90. The third kappa shape index (κ3) is 6.84. The molecule has 2 aliphatic heterocycles. The lowest BCUT2D eigenvalue weighted by Gasteiger charge is -2.22. The number of guanidine groups is 1. The van der Waals surface area contributed by atoms with E-state index in [-0.39, 0.29) is 42.5 Å². The van der Waals surface area contributed by atoms with E-state index in [1.54, 1.807) is 0 Å². The molecule has 0 bridgehead atoms. The number of benzene rings is 1. The molecule has 2 fully saturated rings. The molecule has 0 aliphatic carbocycles. The second-order valence-electron chi connectivity index (χ2n) is 7.04. The van der Waals surface area contributed by atoms with E-state index >= 15 is 0 Å². The molecule has 9 heteroatoms. The zero-order valence-corrected chi connectivity index (χ0v) is 19.1. The summed E-state index contributed by atoms with van der Waals surface area (Å²) in [6, 6.07) is 9.86. The van der Waals surface area contributed by atoms with Crippen LogP contribution in [0.5, 0.6) is 0 Å². The highest BCUT2D eigenvalue weighted by molar-refractivity contribution is 14.0. The molecule has 0 saturated carbocycles. The van der Waals surface area contributed by atoms with Crippen LogP contribution in [0, 0.1) is 5.92 Å². The average Bonchev–Trinajstić information content (AvgIpc) is 3.30. The van der Waals surface area contributed by atoms with Crippen molar-refractivity contribution in [2.24, 2.45) is 10.9 Å². The van der Waals surface area contributed by atoms with Gasteiger partial charge in [-0.05, 0) is 18.9 Å². The van der Waals surface area contributed by atoms with Gasteiger partial charge in [-0.3, -0.25) is 14.7 Å². The normalized spacial score (nSPS) is 19.3. The second-order valence-corrected chi connectivity index (χ2v) is 7.04. The molecule has 1 atom stereocenters. The van der Waals surface area contributed by atoms with E-state index in [4.69, 9.17) is 4.74 Å². The lowest BCUT2D eigenvalue weighted by molar-refractivity contribution is -0.124. The fraction of sp³-hybridized carbons (Fsp3) is 0.550. The number of ether oxygens (including phenoxy) is 1. The van der Waals surface area contributed by atoms with E-state index in [9.17, 15) is 9.59 Å². The summed E-state index contributed by atoms with van der Waals surface area (Å²) in [5.41, 5.74) is 1.19. The number of hydrogen-bond donors (Lipinski definition) is 2. The van der Waals surface area contributed by atoms with Crippen molar-refractivity contribution in [3.8, 4) is 0 Å². The van der Waals surface area contributed by atoms with Crippen LogP contribution in [0.25, 0.3) is 0 Å². The molecule has 1 unspecified atom stereocenters. The molecule has 3 rings (SSSR count). The Morgan fingerprint density at radius 3 is 2.79 bits per heavy atom. The Bertz CT molecular complexity index is 685. The summed E-state index contributed by atoms with van der Waals surface area (Å²) in [4.78, 5) is 31.3. The van der Waals surface area contributed by atoms with Gasteiger partial charge in [0.05, 0.1) is 32.8 Å². The smallest absolute Gasteiger partial charge is 0.324 e. The van der Waals surface area contributed by atoms with Gasteiger partial charge < -0.3 is 20.3 Å². The van der Waals surface area contributed by atoms with E-state index in [1.165, 1.54) is 10.5 Å². The third-order valence-electron chi connectivity index (χ3n) is 4.91. The summed E-state index contributed by atoms with van der Waals surface area (Å²) < 4.78 is 5.89. The minimum atomic E-state index is -0.331. The number of carbonyl (C=O) groups is 2. The fourth-order valence-electron chi connectivity index (χ4n) is 3.44. The van der Waals surface area contributed by atoms with Crippen LogP contribution in [0.15, 0.2) is 35.3 Å². The van der Waals surface area contributed by atoms with Crippen molar-refractivity contribution in [1.29, 1.82) is 0 Å². The van der Waals surface area contributed by atoms with Crippen molar-refractivity contribution in [2.45, 2.75) is 20.0 Å². The van der Waals surface area contributed by atoms with Crippen molar-refractivity contribution >= 4 is 41.9 Å². The number of nitrogens with zero attached hydrogens (tertiary/aromatic N) is 3. The molecule has 0 radical (unpaired) electrons. The number of nitrogens with one attached hydrogen (secondary N) is 2. The van der Waals surface area contributed by atoms with E-state index in [2.05, 4.69) is 32.7 Å². The molecule has 0 spiro atoms. The van der Waals surface area contributed by atoms with E-state index < -0.39 is 0 Å². The topological polar surface area (TPSA) is 86.3 Å². The molecule has 0 aromatic heterocycles. The number of aliphatic imine (C=N–C) groups is 1. The van der Waals surface area contributed by atoms with Gasteiger partial charge in [0.1, 0.15) is 0 Å². The zero-order chi connectivity index (χ0) is 19.8. The third-order valence-corrected chi connectivity index (χ3v) is 4.91. The number of rotatable bonds is 8. The highest BCUT2D eigenvalue weighted by Crippen LogP contribution is 2.17. The molecule has 3 amide bonds. The first-order valence-corrected chi connectivity index (χ1v) is 9.90. The van der Waals surface area contributed by atoms with Crippen LogP contribution in [-0.2, 0) is 16.1 Å². The van der Waals surface area contributed by atoms with E-state index in [1.807, 2.05) is 25.1 Å². The Morgan fingerprint density at radius 1 is 1.31 bits per heavy atom. The van der Waals surface area contributed by atoms with Gasteiger partial charge in [-0.15, -0.1) is 24.0 Å². The van der Waals surface area contributed by atoms with Crippen LogP contribution >= 0.6 is 24.0 Å². The lowest BCUT2D eigenvalue weighted by Crippen LogP contribution is -2.41. The maximum atomic E-state index is 11.6. The number of imide groups is 1. The summed E-state index contributed by atoms with van der Waals surface area (Å²) in [6.07, 6.45) is 1.06. The summed E-state index contributed by atoms with van der Waals surface area (Å²) >= 11 is 0. The number of carbonyl (C=O) groups excluding carboxylic acids is 2. The minimum absolute atomic E-state index is 0. The molecule has 1 aromatic rings. The lowest BCUT2D eigenvalue weighted by atomic mass is 10.1. The van der Waals surface area contributed by atoms with Crippen molar-refractivity contribution in [2.75, 3.05) is 45.9 Å². The van der Waals surface area contributed by atoms with Crippen molar-refractivity contribution in [3.63, 3.8) is 0 Å². The van der Waals surface area contributed by atoms with Crippen LogP contribution in [0.2, 0.25) is 0 Å². The molecule has 1 aromatic carbocycles. The predicted octanol–water partition coefficient (Wildman–Crippen LogP) is 1.66. The Hall–Kier alpha value is -1.88. The summed E-state index contributed by atoms with van der Waals surface area (Å²) in [7, 11) is 0. The number of hydrogen-bond acceptors (Lipinski definition) is 4. The molecule has 2 heterocycles. The first kappa shape index (κ1) is 23.4. The standard InChI is InChI=1S/C20H29N5O3.HI/c1-2-21-19(22-9-11-25-18(26)12-23-20(25)27)24-10-8-17(13-24)15-28-14-16-6-4-3-5-7-16;/h3-7,17H,2,8-15H2,1H3,(H,21,22)(H,23,27);1H. The maximum absolute atomic E-state index is 11.6. The van der Waals surface area contributed by atoms with Gasteiger partial charge >= 0.3 is 6.03 Å². The van der Waals surface area contributed by atoms with Gasteiger partial charge in [-0.25, -0.2) is 4.79 Å². The van der Waals surface area contributed by atoms with E-state index in [0.29, 0.717) is 25.6 Å². The van der Waals surface area contributed by atoms with Crippen molar-refractivity contribution in [1.82, 2.24) is 20.4 Å². The Morgan fingerprint density at radius 2 is 2.10 bits per heavy atom. The first-order chi connectivity index (χ1) is 13.7. The van der Waals surface area contributed by atoms with Crippen molar-refractivity contribution in [3.05, 3.63) is 35.9 Å². The fourth-order valence-corrected chi connectivity index (χ4v) is 3.44. The predicted molar refractivity (Wildman–Crippen MR) is 122 cm³/mol. The zero-order valence-electron chi connectivity index (χ0n) is 16.8. The van der Waals surface area contributed by atoms with Crippen molar-refractivity contribution < 1.29 is 14.3 Å². The molecular formula is C20H30IN5O3. The number of urea groups is 1. The summed E-state index contributed by atoms with van der Waals surface area (Å²) in [6.45, 7) is 6.77. The SMILES string of the molecule is CCNC(=NCCN1C(=O)CNC1=O)N1CCC(COCc2ccccc2)C1.I. The Labute approximate surface area is 189 Å². The maximum Gasteiger partial charge on any atom is 0.324 e. The minimum Gasteiger partial charge on any atom is -0.376 e. The van der Waals surface area contributed by atoms with Gasteiger partial charge in [0.15, 0.2) is 5.96 Å². The Balaban J connectivity index is 0.00000300. The van der Waals surface area contributed by atoms with Gasteiger partial charge in [-0.1, -0.05) is 30.3 Å². The molecular weight excluding hydrogens is 485 g/mol. The van der Waals surface area contributed by atoms with Gasteiger partial charge in [0.2, 0.25) is 5.91 Å². The van der Waals surface area contributed by atoms with Gasteiger partial charge in [-0.2, -0.15) is 0 Å². The quantitative estimate of drug-likeness (QED) is 0.238. The largest absolute Gasteiger partial charge is 0.376 e. The van der Waals surface area contributed by atoms with Crippen LogP contribution in [0.3, 0.4) is 0 Å². The highest BCUT2D eigenvalue weighted by Gasteiger charge is 2.28. The average molecular weight is 515 g/mol. The van der Waals surface area contributed by atoms with Gasteiger partial charge in [0, 0.05) is 25.6 Å². The number of likely N-dealkylation sites (tertiary alicyclic amines) is 1. The van der Waals surface area contributed by atoms with Gasteiger partial charge in [0.25, 0.3) is 0 Å². The Kier molecular flexibility index (Phi) is 9.65. The molecule has 2 saturated heterocycles.